The number of furan rings is 2. The molecular weight excluding hydrogens is 284 g/mol. The summed E-state index contributed by atoms with van der Waals surface area (Å²) in [6.07, 6.45) is 0.373. The summed E-state index contributed by atoms with van der Waals surface area (Å²) >= 11 is 0. The van der Waals surface area contributed by atoms with E-state index in [4.69, 9.17) is 13.6 Å². The van der Waals surface area contributed by atoms with Crippen molar-refractivity contribution in [2.75, 3.05) is 7.11 Å². The molecule has 0 amide bonds. The number of hydrogen-bond donors (Lipinski definition) is 1. The zero-order valence-electron chi connectivity index (χ0n) is 13.0. The number of carboxylic acids is 1. The maximum atomic E-state index is 11.2. The van der Waals surface area contributed by atoms with Crippen molar-refractivity contribution in [1.82, 2.24) is 0 Å². The molecule has 2 aromatic heterocycles. The zero-order valence-corrected chi connectivity index (χ0v) is 13.0. The Hall–Kier alpha value is -2.43. The molecule has 0 saturated heterocycles. The molecule has 1 aromatic carbocycles. The number of rotatable bonds is 4. The summed E-state index contributed by atoms with van der Waals surface area (Å²) in [5.74, 6) is 0.784. The Morgan fingerprint density at radius 2 is 1.77 bits per heavy atom. The van der Waals surface area contributed by atoms with Crippen LogP contribution in [-0.2, 0) is 11.2 Å². The summed E-state index contributed by atoms with van der Waals surface area (Å²) in [5.41, 5.74) is 2.17. The smallest absolute Gasteiger partial charge is 0.306 e. The van der Waals surface area contributed by atoms with E-state index in [-0.39, 0.29) is 0 Å². The topological polar surface area (TPSA) is 72.8 Å². The van der Waals surface area contributed by atoms with E-state index in [2.05, 4.69) is 0 Å². The fraction of sp³-hybridized carbons (Fsp3) is 0.353. The molecule has 22 heavy (non-hydrogen) atoms. The van der Waals surface area contributed by atoms with E-state index >= 15 is 0 Å². The van der Waals surface area contributed by atoms with Gasteiger partial charge in [-0.25, -0.2) is 0 Å². The van der Waals surface area contributed by atoms with Crippen LogP contribution >= 0.6 is 0 Å². The van der Waals surface area contributed by atoms with Gasteiger partial charge in [0.05, 0.1) is 18.4 Å². The standard InChI is InChI=1S/C17H18O5/c1-8(17(18)19)5-11-12-6-9(2)22-16(12)15(20-4)13-7-10(3)21-14(11)13/h6-8H,5H2,1-4H3,(H,18,19). The minimum Gasteiger partial charge on any atom is -0.492 e. The molecule has 3 aromatic rings. The van der Waals surface area contributed by atoms with Gasteiger partial charge in [-0.2, -0.15) is 0 Å². The molecule has 0 aliphatic carbocycles. The van der Waals surface area contributed by atoms with Crippen LogP contribution in [0.3, 0.4) is 0 Å². The van der Waals surface area contributed by atoms with Gasteiger partial charge in [0, 0.05) is 10.9 Å². The van der Waals surface area contributed by atoms with Crippen LogP contribution < -0.4 is 4.74 Å². The first-order chi connectivity index (χ1) is 10.4. The molecule has 0 aliphatic heterocycles. The van der Waals surface area contributed by atoms with Crippen LogP contribution in [0.4, 0.5) is 0 Å². The third-order valence-corrected chi connectivity index (χ3v) is 3.90. The van der Waals surface area contributed by atoms with Crippen LogP contribution in [0.5, 0.6) is 5.75 Å². The number of aryl methyl sites for hydroxylation is 2. The lowest BCUT2D eigenvalue weighted by Gasteiger charge is -2.10. The Morgan fingerprint density at radius 3 is 2.36 bits per heavy atom. The van der Waals surface area contributed by atoms with Crippen molar-refractivity contribution in [3.05, 3.63) is 29.2 Å². The summed E-state index contributed by atoms with van der Waals surface area (Å²) in [6, 6.07) is 3.79. The van der Waals surface area contributed by atoms with Crippen molar-refractivity contribution in [2.24, 2.45) is 5.92 Å². The Labute approximate surface area is 127 Å². The van der Waals surface area contributed by atoms with Crippen LogP contribution in [0.25, 0.3) is 21.9 Å². The molecule has 1 unspecified atom stereocenters. The van der Waals surface area contributed by atoms with Crippen molar-refractivity contribution in [3.8, 4) is 5.75 Å². The van der Waals surface area contributed by atoms with Crippen LogP contribution in [0, 0.1) is 19.8 Å². The lowest BCUT2D eigenvalue weighted by atomic mass is 9.96. The molecule has 0 aliphatic rings. The van der Waals surface area contributed by atoms with E-state index in [1.807, 2.05) is 26.0 Å². The van der Waals surface area contributed by atoms with Crippen molar-refractivity contribution < 1.29 is 23.5 Å². The van der Waals surface area contributed by atoms with Gasteiger partial charge in [-0.15, -0.1) is 0 Å². The molecule has 5 heteroatoms. The van der Waals surface area contributed by atoms with E-state index in [0.29, 0.717) is 23.3 Å². The first-order valence-electron chi connectivity index (χ1n) is 7.14. The number of hydrogen-bond acceptors (Lipinski definition) is 4. The van der Waals surface area contributed by atoms with E-state index in [1.54, 1.807) is 14.0 Å². The van der Waals surface area contributed by atoms with Gasteiger partial charge in [0.15, 0.2) is 11.3 Å². The Kier molecular flexibility index (Phi) is 3.35. The van der Waals surface area contributed by atoms with Crippen LogP contribution in [0.1, 0.15) is 24.0 Å². The van der Waals surface area contributed by atoms with Gasteiger partial charge in [-0.1, -0.05) is 6.92 Å². The third-order valence-electron chi connectivity index (χ3n) is 3.90. The second-order valence-corrected chi connectivity index (χ2v) is 5.65. The van der Waals surface area contributed by atoms with E-state index in [9.17, 15) is 9.90 Å². The highest BCUT2D eigenvalue weighted by Crippen LogP contribution is 2.42. The second-order valence-electron chi connectivity index (χ2n) is 5.65. The molecule has 0 spiro atoms. The normalized spacial score (nSPS) is 12.9. The van der Waals surface area contributed by atoms with Gasteiger partial charge < -0.3 is 18.7 Å². The van der Waals surface area contributed by atoms with Crippen molar-refractivity contribution in [1.29, 1.82) is 0 Å². The van der Waals surface area contributed by atoms with Gasteiger partial charge in [0.25, 0.3) is 0 Å². The molecule has 3 rings (SSSR count). The highest BCUT2D eigenvalue weighted by Gasteiger charge is 2.24. The van der Waals surface area contributed by atoms with Crippen LogP contribution in [0.15, 0.2) is 21.0 Å². The maximum Gasteiger partial charge on any atom is 0.306 e. The Bertz CT molecular complexity index is 811. The van der Waals surface area contributed by atoms with Crippen molar-refractivity contribution >= 4 is 27.9 Å². The number of carbonyl (C=O) groups is 1. The highest BCUT2D eigenvalue weighted by molar-refractivity contribution is 6.05. The minimum atomic E-state index is -0.833. The molecule has 5 nitrogen and oxygen atoms in total. The van der Waals surface area contributed by atoms with E-state index < -0.39 is 11.9 Å². The number of carboxylic acid groups (broad SMARTS) is 1. The predicted octanol–water partition coefficient (Wildman–Crippen LogP) is 4.07. The summed E-state index contributed by atoms with van der Waals surface area (Å²) in [6.45, 7) is 5.40. The largest absolute Gasteiger partial charge is 0.492 e. The fourth-order valence-electron chi connectivity index (χ4n) is 2.86. The Morgan fingerprint density at radius 1 is 1.18 bits per heavy atom. The monoisotopic (exact) mass is 302 g/mol. The summed E-state index contributed by atoms with van der Waals surface area (Å²) in [5, 5.41) is 10.9. The number of aliphatic carboxylic acids is 1. The van der Waals surface area contributed by atoms with Crippen LogP contribution in [-0.4, -0.2) is 18.2 Å². The average Bonchev–Trinajstić information content (AvgIpc) is 3.00. The zero-order chi connectivity index (χ0) is 16.0. The molecule has 1 atom stereocenters. The van der Waals surface area contributed by atoms with E-state index in [0.717, 1.165) is 27.9 Å². The van der Waals surface area contributed by atoms with Gasteiger partial charge >= 0.3 is 5.97 Å². The lowest BCUT2D eigenvalue weighted by molar-refractivity contribution is -0.141. The molecule has 0 saturated carbocycles. The quantitative estimate of drug-likeness (QED) is 0.786. The third kappa shape index (κ3) is 2.13. The molecule has 0 bridgehead atoms. The number of benzene rings is 1. The minimum absolute atomic E-state index is 0.373. The number of ether oxygens (including phenoxy) is 1. The van der Waals surface area contributed by atoms with Crippen molar-refractivity contribution in [2.45, 2.75) is 27.2 Å². The summed E-state index contributed by atoms with van der Waals surface area (Å²) in [4.78, 5) is 11.2. The van der Waals surface area contributed by atoms with Gasteiger partial charge in [0.1, 0.15) is 17.1 Å². The molecular formula is C17H18O5. The lowest BCUT2D eigenvalue weighted by Crippen LogP contribution is -2.12. The first kappa shape index (κ1) is 14.5. The predicted molar refractivity (Wildman–Crippen MR) is 82.5 cm³/mol. The first-order valence-corrected chi connectivity index (χ1v) is 7.14. The maximum absolute atomic E-state index is 11.2. The van der Waals surface area contributed by atoms with Gasteiger partial charge in [0.2, 0.25) is 0 Å². The number of methoxy groups -OCH3 is 1. The summed E-state index contributed by atoms with van der Waals surface area (Å²) in [7, 11) is 1.59. The molecule has 0 radical (unpaired) electrons. The van der Waals surface area contributed by atoms with Crippen LogP contribution in [0.2, 0.25) is 0 Å². The Balaban J connectivity index is 2.37. The molecule has 0 fully saturated rings. The molecule has 116 valence electrons. The average molecular weight is 302 g/mol. The molecule has 2 heterocycles. The fourth-order valence-corrected chi connectivity index (χ4v) is 2.86. The van der Waals surface area contributed by atoms with Gasteiger partial charge in [-0.05, 0) is 32.4 Å². The van der Waals surface area contributed by atoms with Gasteiger partial charge in [-0.3, -0.25) is 4.79 Å². The number of fused-ring (bicyclic) bond motifs is 2. The summed E-state index contributed by atoms with van der Waals surface area (Å²) < 4.78 is 17.1. The second kappa shape index (κ2) is 5.09. The van der Waals surface area contributed by atoms with E-state index in [1.165, 1.54) is 0 Å². The molecule has 1 N–H and O–H groups in total. The highest BCUT2D eigenvalue weighted by atomic mass is 16.5. The SMILES string of the molecule is COc1c2cc(C)oc2c(CC(C)C(=O)O)c2cc(C)oc12. The van der Waals surface area contributed by atoms with Crippen molar-refractivity contribution in [3.63, 3.8) is 0 Å².